The quantitative estimate of drug-likeness (QED) is 0.678. The van der Waals surface area contributed by atoms with Gasteiger partial charge in [0.1, 0.15) is 0 Å². The summed E-state index contributed by atoms with van der Waals surface area (Å²) in [5, 5.41) is 10.9. The second-order valence-electron chi connectivity index (χ2n) is 3.38. The molecule has 0 aliphatic rings. The monoisotopic (exact) mass is 197 g/mol. The van der Waals surface area contributed by atoms with E-state index in [0.29, 0.717) is 5.95 Å². The van der Waals surface area contributed by atoms with Gasteiger partial charge in [0.05, 0.1) is 0 Å². The summed E-state index contributed by atoms with van der Waals surface area (Å²) in [5.74, 6) is 1.53. The number of rotatable bonds is 6. The lowest BCUT2D eigenvalue weighted by Gasteiger charge is -2.14. The number of nitrogens with one attached hydrogen (secondary N) is 2. The van der Waals surface area contributed by atoms with Gasteiger partial charge in [-0.3, -0.25) is 4.98 Å². The van der Waals surface area contributed by atoms with E-state index < -0.39 is 0 Å². The maximum Gasteiger partial charge on any atom is 0.225 e. The Bertz CT molecular complexity index is 257. The van der Waals surface area contributed by atoms with Crippen molar-refractivity contribution in [2.45, 2.75) is 26.2 Å². The number of hydrogen-bond acceptors (Lipinski definition) is 4. The van der Waals surface area contributed by atoms with Gasteiger partial charge in [0.15, 0.2) is 0 Å². The molecule has 0 amide bonds. The van der Waals surface area contributed by atoms with E-state index in [2.05, 4.69) is 32.3 Å². The largest absolute Gasteiger partial charge is 0.358 e. The van der Waals surface area contributed by atoms with Crippen LogP contribution in [0.5, 0.6) is 0 Å². The number of H-pyrrole nitrogens is 1. The maximum atomic E-state index is 4.02. The first-order chi connectivity index (χ1) is 6.77. The van der Waals surface area contributed by atoms with E-state index in [9.17, 15) is 0 Å². The fraction of sp³-hybridized carbons (Fsp3) is 0.778. The Kier molecular flexibility index (Phi) is 4.22. The van der Waals surface area contributed by atoms with Gasteiger partial charge in [-0.15, -0.1) is 10.2 Å². The third-order valence-corrected chi connectivity index (χ3v) is 2.17. The first kappa shape index (κ1) is 10.8. The van der Waals surface area contributed by atoms with Gasteiger partial charge < -0.3 is 10.2 Å². The Morgan fingerprint density at radius 2 is 2.14 bits per heavy atom. The van der Waals surface area contributed by atoms with Crippen molar-refractivity contribution in [2.75, 3.05) is 30.9 Å². The Balaban J connectivity index is 2.39. The lowest BCUT2D eigenvalue weighted by atomic mass is 10.2. The van der Waals surface area contributed by atoms with Crippen LogP contribution in [0.1, 0.15) is 26.2 Å². The number of hydrogen-bond donors (Lipinski definition) is 2. The molecule has 5 nitrogen and oxygen atoms in total. The van der Waals surface area contributed by atoms with Gasteiger partial charge >= 0.3 is 0 Å². The molecule has 0 unspecified atom stereocenters. The molecule has 0 bridgehead atoms. The van der Waals surface area contributed by atoms with E-state index in [1.807, 2.05) is 14.1 Å². The third-order valence-electron chi connectivity index (χ3n) is 2.17. The Labute approximate surface area is 84.9 Å². The molecular weight excluding hydrogens is 178 g/mol. The van der Waals surface area contributed by atoms with Crippen LogP contribution in [-0.2, 0) is 0 Å². The van der Waals surface area contributed by atoms with Gasteiger partial charge in [0.25, 0.3) is 0 Å². The molecule has 0 spiro atoms. The van der Waals surface area contributed by atoms with Crippen LogP contribution in [0.25, 0.3) is 0 Å². The van der Waals surface area contributed by atoms with E-state index in [-0.39, 0.29) is 0 Å². The lowest BCUT2D eigenvalue weighted by molar-refractivity contribution is 0.697. The molecular formula is C9H19N5. The molecule has 0 radical (unpaired) electrons. The van der Waals surface area contributed by atoms with Gasteiger partial charge in [0, 0.05) is 20.6 Å². The molecule has 1 aromatic rings. The molecule has 0 aliphatic carbocycles. The SMILES string of the molecule is CCCCCN(C)c1nnc(NC)[nH]1. The zero-order valence-electron chi connectivity index (χ0n) is 9.17. The second-order valence-corrected chi connectivity index (χ2v) is 3.38. The van der Waals surface area contributed by atoms with Gasteiger partial charge in [0.2, 0.25) is 11.9 Å². The summed E-state index contributed by atoms with van der Waals surface area (Å²) < 4.78 is 0. The summed E-state index contributed by atoms with van der Waals surface area (Å²) in [6.07, 6.45) is 3.70. The molecule has 2 N–H and O–H groups in total. The van der Waals surface area contributed by atoms with Crippen LogP contribution < -0.4 is 10.2 Å². The zero-order valence-corrected chi connectivity index (χ0v) is 9.17. The number of anilines is 2. The summed E-state index contributed by atoms with van der Waals surface area (Å²) >= 11 is 0. The van der Waals surface area contributed by atoms with Crippen LogP contribution >= 0.6 is 0 Å². The molecule has 0 saturated heterocycles. The predicted octanol–water partition coefficient (Wildman–Crippen LogP) is 1.47. The van der Waals surface area contributed by atoms with Crippen molar-refractivity contribution < 1.29 is 0 Å². The highest BCUT2D eigenvalue weighted by Crippen LogP contribution is 2.08. The number of aromatic amines is 1. The fourth-order valence-electron chi connectivity index (χ4n) is 1.24. The van der Waals surface area contributed by atoms with Gasteiger partial charge in [-0.1, -0.05) is 19.8 Å². The Morgan fingerprint density at radius 1 is 1.36 bits per heavy atom. The van der Waals surface area contributed by atoms with E-state index in [1.165, 1.54) is 19.3 Å². The standard InChI is InChI=1S/C9H19N5/c1-4-5-6-7-14(3)9-11-8(10-2)12-13-9/h4-7H2,1-3H3,(H2,10,11,12,13). The smallest absolute Gasteiger partial charge is 0.225 e. The van der Waals surface area contributed by atoms with E-state index in [1.54, 1.807) is 0 Å². The van der Waals surface area contributed by atoms with Crippen LogP contribution in [0.2, 0.25) is 0 Å². The highest BCUT2D eigenvalue weighted by molar-refractivity contribution is 5.34. The molecule has 1 rings (SSSR count). The summed E-state index contributed by atoms with van der Waals surface area (Å²) in [6, 6.07) is 0. The van der Waals surface area contributed by atoms with Gasteiger partial charge in [-0.2, -0.15) is 0 Å². The highest BCUT2D eigenvalue weighted by Gasteiger charge is 2.05. The number of unbranched alkanes of at least 4 members (excludes halogenated alkanes) is 2. The second kappa shape index (κ2) is 5.47. The molecule has 0 fully saturated rings. The Hall–Kier alpha value is -1.26. The van der Waals surface area contributed by atoms with Crippen molar-refractivity contribution >= 4 is 11.9 Å². The molecule has 5 heteroatoms. The first-order valence-corrected chi connectivity index (χ1v) is 5.09. The maximum absolute atomic E-state index is 4.02. The first-order valence-electron chi connectivity index (χ1n) is 5.09. The summed E-state index contributed by atoms with van der Waals surface area (Å²) in [7, 11) is 3.84. The number of nitrogens with zero attached hydrogens (tertiary/aromatic N) is 3. The van der Waals surface area contributed by atoms with Crippen molar-refractivity contribution in [2.24, 2.45) is 0 Å². The van der Waals surface area contributed by atoms with E-state index >= 15 is 0 Å². The minimum atomic E-state index is 0.711. The predicted molar refractivity (Wildman–Crippen MR) is 58.7 cm³/mol. The van der Waals surface area contributed by atoms with Crippen molar-refractivity contribution in [1.29, 1.82) is 0 Å². The van der Waals surface area contributed by atoms with Crippen molar-refractivity contribution in [1.82, 2.24) is 15.2 Å². The van der Waals surface area contributed by atoms with Crippen molar-refractivity contribution in [3.05, 3.63) is 0 Å². The van der Waals surface area contributed by atoms with Crippen LogP contribution in [0.4, 0.5) is 11.9 Å². The van der Waals surface area contributed by atoms with Gasteiger partial charge in [-0.25, -0.2) is 0 Å². The molecule has 80 valence electrons. The Morgan fingerprint density at radius 3 is 2.71 bits per heavy atom. The minimum absolute atomic E-state index is 0.711. The van der Waals surface area contributed by atoms with Crippen LogP contribution in [-0.4, -0.2) is 35.8 Å². The van der Waals surface area contributed by atoms with E-state index in [0.717, 1.165) is 12.5 Å². The van der Waals surface area contributed by atoms with E-state index in [4.69, 9.17) is 0 Å². The average Bonchev–Trinajstić information content (AvgIpc) is 2.66. The van der Waals surface area contributed by atoms with Crippen LogP contribution in [0.3, 0.4) is 0 Å². The molecule has 0 saturated carbocycles. The van der Waals surface area contributed by atoms with Crippen LogP contribution in [0, 0.1) is 0 Å². The molecule has 1 aromatic heterocycles. The summed E-state index contributed by atoms with van der Waals surface area (Å²) in [6.45, 7) is 3.22. The molecule has 0 aromatic carbocycles. The molecule has 0 aliphatic heterocycles. The van der Waals surface area contributed by atoms with Crippen LogP contribution in [0.15, 0.2) is 0 Å². The number of aromatic nitrogens is 3. The topological polar surface area (TPSA) is 56.8 Å². The fourth-order valence-corrected chi connectivity index (χ4v) is 1.24. The lowest BCUT2D eigenvalue weighted by Crippen LogP contribution is -2.19. The summed E-state index contributed by atoms with van der Waals surface area (Å²) in [4.78, 5) is 5.17. The van der Waals surface area contributed by atoms with Crippen molar-refractivity contribution in [3.8, 4) is 0 Å². The minimum Gasteiger partial charge on any atom is -0.358 e. The zero-order chi connectivity index (χ0) is 10.4. The average molecular weight is 197 g/mol. The molecule has 1 heterocycles. The normalized spacial score (nSPS) is 10.2. The summed E-state index contributed by atoms with van der Waals surface area (Å²) in [5.41, 5.74) is 0. The van der Waals surface area contributed by atoms with Crippen molar-refractivity contribution in [3.63, 3.8) is 0 Å². The molecule has 0 atom stereocenters. The third kappa shape index (κ3) is 2.90. The van der Waals surface area contributed by atoms with Gasteiger partial charge in [-0.05, 0) is 6.42 Å². The molecule has 14 heavy (non-hydrogen) atoms. The highest BCUT2D eigenvalue weighted by atomic mass is 15.4.